The zero-order chi connectivity index (χ0) is 18.4. The molecule has 2 aliphatic heterocycles. The van der Waals surface area contributed by atoms with E-state index >= 15 is 0 Å². The molecule has 2 aliphatic rings. The lowest BCUT2D eigenvalue weighted by Crippen LogP contribution is -2.36. The van der Waals surface area contributed by atoms with Crippen LogP contribution in [0.25, 0.3) is 10.9 Å². The molecule has 0 amide bonds. The van der Waals surface area contributed by atoms with E-state index in [1.54, 1.807) is 0 Å². The van der Waals surface area contributed by atoms with E-state index in [2.05, 4.69) is 57.8 Å². The van der Waals surface area contributed by atoms with Crippen molar-refractivity contribution in [3.8, 4) is 0 Å². The number of hydrogen-bond donors (Lipinski definition) is 0. The maximum absolute atomic E-state index is 4.86. The van der Waals surface area contributed by atoms with Crippen LogP contribution in [0.15, 0.2) is 24.3 Å². The number of aryl methyl sites for hydroxylation is 2. The van der Waals surface area contributed by atoms with E-state index in [9.17, 15) is 0 Å². The minimum Gasteiger partial charge on any atom is -0.370 e. The average molecular weight is 361 g/mol. The predicted molar refractivity (Wildman–Crippen MR) is 108 cm³/mol. The molecule has 5 nitrogen and oxygen atoms in total. The summed E-state index contributed by atoms with van der Waals surface area (Å²) in [6.45, 7) is 7.62. The van der Waals surface area contributed by atoms with Gasteiger partial charge in [0.15, 0.2) is 0 Å². The number of pyridine rings is 1. The second kappa shape index (κ2) is 6.63. The van der Waals surface area contributed by atoms with Crippen LogP contribution in [-0.4, -0.2) is 32.8 Å². The van der Waals surface area contributed by atoms with Crippen molar-refractivity contribution in [1.82, 2.24) is 19.7 Å². The van der Waals surface area contributed by atoms with Crippen molar-refractivity contribution >= 4 is 16.6 Å². The van der Waals surface area contributed by atoms with Crippen molar-refractivity contribution in [3.63, 3.8) is 0 Å². The molecule has 0 N–H and O–H groups in total. The molecule has 4 heterocycles. The Hall–Kier alpha value is -2.43. The molecule has 0 radical (unpaired) electrons. The van der Waals surface area contributed by atoms with Gasteiger partial charge in [0.1, 0.15) is 11.6 Å². The summed E-state index contributed by atoms with van der Waals surface area (Å²) >= 11 is 0. The van der Waals surface area contributed by atoms with Gasteiger partial charge in [0, 0.05) is 43.1 Å². The fourth-order valence-electron chi connectivity index (χ4n) is 5.00. The van der Waals surface area contributed by atoms with E-state index in [4.69, 9.17) is 4.98 Å². The monoisotopic (exact) mass is 361 g/mol. The lowest BCUT2D eigenvalue weighted by Gasteiger charge is -2.36. The molecule has 0 spiro atoms. The minimum absolute atomic E-state index is 0.468. The van der Waals surface area contributed by atoms with Crippen molar-refractivity contribution in [3.05, 3.63) is 47.2 Å². The lowest BCUT2D eigenvalue weighted by atomic mass is 9.94. The fraction of sp³-hybridized carbons (Fsp3) is 0.500. The van der Waals surface area contributed by atoms with Gasteiger partial charge in [-0.15, -0.1) is 10.2 Å². The first kappa shape index (κ1) is 16.7. The van der Waals surface area contributed by atoms with Gasteiger partial charge in [-0.25, -0.2) is 0 Å². The Bertz CT molecular complexity index is 990. The Kier molecular flexibility index (Phi) is 4.10. The molecule has 0 saturated carbocycles. The molecular weight excluding hydrogens is 334 g/mol. The number of piperidine rings is 1. The Morgan fingerprint density at radius 3 is 2.89 bits per heavy atom. The van der Waals surface area contributed by atoms with Crippen LogP contribution in [0.1, 0.15) is 55.0 Å². The smallest absolute Gasteiger partial charge is 0.137 e. The normalized spacial score (nSPS) is 19.6. The number of para-hydroxylation sites is 1. The second-order valence-electron chi connectivity index (χ2n) is 7.91. The summed E-state index contributed by atoms with van der Waals surface area (Å²) in [6.07, 6.45) is 5.71. The molecule has 1 saturated heterocycles. The summed E-state index contributed by atoms with van der Waals surface area (Å²) in [6, 6.07) is 8.59. The quantitative estimate of drug-likeness (QED) is 0.707. The summed E-state index contributed by atoms with van der Waals surface area (Å²) in [5.74, 6) is 2.86. The number of aromatic nitrogens is 4. The van der Waals surface area contributed by atoms with Crippen LogP contribution in [0.2, 0.25) is 0 Å². The van der Waals surface area contributed by atoms with E-state index < -0.39 is 0 Å². The molecule has 5 heteroatoms. The van der Waals surface area contributed by atoms with Gasteiger partial charge in [-0.3, -0.25) is 4.98 Å². The predicted octanol–water partition coefficient (Wildman–Crippen LogP) is 4.03. The Labute approximate surface area is 160 Å². The highest BCUT2D eigenvalue weighted by Gasteiger charge is 2.30. The lowest BCUT2D eigenvalue weighted by molar-refractivity contribution is 0.473. The molecule has 1 atom stereocenters. The van der Waals surface area contributed by atoms with Crippen molar-refractivity contribution in [2.24, 2.45) is 0 Å². The molecule has 27 heavy (non-hydrogen) atoms. The summed E-state index contributed by atoms with van der Waals surface area (Å²) < 4.78 is 2.38. The molecule has 5 rings (SSSR count). The van der Waals surface area contributed by atoms with E-state index in [0.29, 0.717) is 5.92 Å². The first-order valence-corrected chi connectivity index (χ1v) is 10.3. The van der Waals surface area contributed by atoms with Crippen LogP contribution in [0.5, 0.6) is 0 Å². The largest absolute Gasteiger partial charge is 0.370 e. The highest BCUT2D eigenvalue weighted by atomic mass is 15.3. The van der Waals surface area contributed by atoms with Crippen LogP contribution in [0, 0.1) is 6.92 Å². The van der Waals surface area contributed by atoms with E-state index in [1.807, 2.05) is 0 Å². The third-order valence-corrected chi connectivity index (χ3v) is 6.26. The average Bonchev–Trinajstić information content (AvgIpc) is 3.30. The molecule has 1 aromatic carbocycles. The molecule has 1 fully saturated rings. The first-order valence-electron chi connectivity index (χ1n) is 10.3. The van der Waals surface area contributed by atoms with Crippen LogP contribution in [-0.2, 0) is 19.4 Å². The molecule has 0 bridgehead atoms. The standard InChI is InChI=1S/C22H27N5/c1-3-17-15(2)23-19-10-5-4-9-18(19)21(17)26-12-6-8-16(14-26)22-25-24-20-11-7-13-27(20)22/h4-5,9-10,16H,3,6-8,11-14H2,1-2H3. The highest BCUT2D eigenvalue weighted by molar-refractivity contribution is 5.94. The fourth-order valence-corrected chi connectivity index (χ4v) is 5.00. The van der Waals surface area contributed by atoms with Crippen LogP contribution >= 0.6 is 0 Å². The van der Waals surface area contributed by atoms with Gasteiger partial charge in [-0.1, -0.05) is 25.1 Å². The Morgan fingerprint density at radius 1 is 1.11 bits per heavy atom. The molecule has 0 aliphatic carbocycles. The number of nitrogens with zero attached hydrogens (tertiary/aromatic N) is 5. The molecule has 140 valence electrons. The SMILES string of the molecule is CCc1c(C)nc2ccccc2c1N1CCCC(c2nnc3n2CCC3)C1. The summed E-state index contributed by atoms with van der Waals surface area (Å²) in [7, 11) is 0. The number of fused-ring (bicyclic) bond motifs is 2. The third-order valence-electron chi connectivity index (χ3n) is 6.26. The van der Waals surface area contributed by atoms with E-state index in [0.717, 1.165) is 43.7 Å². The Morgan fingerprint density at radius 2 is 2.00 bits per heavy atom. The van der Waals surface area contributed by atoms with E-state index in [-0.39, 0.29) is 0 Å². The van der Waals surface area contributed by atoms with Gasteiger partial charge < -0.3 is 9.47 Å². The zero-order valence-corrected chi connectivity index (χ0v) is 16.3. The molecule has 3 aromatic rings. The van der Waals surface area contributed by atoms with Gasteiger partial charge in [-0.05, 0) is 44.2 Å². The Balaban J connectivity index is 1.56. The van der Waals surface area contributed by atoms with Crippen LogP contribution in [0.4, 0.5) is 5.69 Å². The zero-order valence-electron chi connectivity index (χ0n) is 16.3. The number of benzene rings is 1. The number of rotatable bonds is 3. The van der Waals surface area contributed by atoms with Gasteiger partial charge in [-0.2, -0.15) is 0 Å². The minimum atomic E-state index is 0.468. The second-order valence-corrected chi connectivity index (χ2v) is 7.91. The summed E-state index contributed by atoms with van der Waals surface area (Å²) in [5.41, 5.74) is 5.05. The van der Waals surface area contributed by atoms with Crippen LogP contribution in [0.3, 0.4) is 0 Å². The number of hydrogen-bond acceptors (Lipinski definition) is 4. The van der Waals surface area contributed by atoms with Gasteiger partial charge in [0.25, 0.3) is 0 Å². The van der Waals surface area contributed by atoms with Crippen molar-refractivity contribution in [2.75, 3.05) is 18.0 Å². The molecule has 2 aromatic heterocycles. The van der Waals surface area contributed by atoms with Gasteiger partial charge in [0.05, 0.1) is 11.2 Å². The van der Waals surface area contributed by atoms with E-state index in [1.165, 1.54) is 47.5 Å². The van der Waals surface area contributed by atoms with Crippen molar-refractivity contribution in [2.45, 2.75) is 58.4 Å². The van der Waals surface area contributed by atoms with Crippen LogP contribution < -0.4 is 4.90 Å². The molecule has 1 unspecified atom stereocenters. The highest BCUT2D eigenvalue weighted by Crippen LogP contribution is 2.37. The number of anilines is 1. The maximum atomic E-state index is 4.86. The summed E-state index contributed by atoms with van der Waals surface area (Å²) in [4.78, 5) is 7.46. The van der Waals surface area contributed by atoms with Crippen molar-refractivity contribution < 1.29 is 0 Å². The van der Waals surface area contributed by atoms with Gasteiger partial charge in [0.2, 0.25) is 0 Å². The first-order chi connectivity index (χ1) is 13.3. The third kappa shape index (κ3) is 2.71. The molecular formula is C22H27N5. The topological polar surface area (TPSA) is 46.8 Å². The van der Waals surface area contributed by atoms with Crippen molar-refractivity contribution in [1.29, 1.82) is 0 Å². The van der Waals surface area contributed by atoms with Gasteiger partial charge >= 0.3 is 0 Å². The summed E-state index contributed by atoms with van der Waals surface area (Å²) in [5, 5.41) is 10.3. The maximum Gasteiger partial charge on any atom is 0.137 e.